The molecular formula is C19H21BrN6O. The Balaban J connectivity index is 1.56. The molecule has 1 saturated carbocycles. The normalized spacial score (nSPS) is 19.8. The molecule has 1 aliphatic carbocycles. The van der Waals surface area contributed by atoms with E-state index in [0.717, 1.165) is 35.8 Å². The van der Waals surface area contributed by atoms with Gasteiger partial charge in [0.1, 0.15) is 17.4 Å². The highest BCUT2D eigenvalue weighted by atomic mass is 79.9. The molecule has 0 saturated heterocycles. The second-order valence-corrected chi connectivity index (χ2v) is 7.55. The Morgan fingerprint density at radius 3 is 2.74 bits per heavy atom. The van der Waals surface area contributed by atoms with Gasteiger partial charge in [-0.3, -0.25) is 0 Å². The highest BCUT2D eigenvalue weighted by molar-refractivity contribution is 9.10. The third-order valence-electron chi connectivity index (χ3n) is 4.81. The number of ether oxygens (including phenoxy) is 1. The van der Waals surface area contributed by atoms with Crippen LogP contribution in [0.1, 0.15) is 25.7 Å². The monoisotopic (exact) mass is 428 g/mol. The molecule has 1 aliphatic rings. The summed E-state index contributed by atoms with van der Waals surface area (Å²) in [5.74, 6) is 1.27. The molecule has 0 radical (unpaired) electrons. The van der Waals surface area contributed by atoms with E-state index in [0.29, 0.717) is 34.9 Å². The number of rotatable bonds is 5. The lowest BCUT2D eigenvalue weighted by atomic mass is 9.93. The number of anilines is 3. The first-order chi connectivity index (χ1) is 13.2. The van der Waals surface area contributed by atoms with Gasteiger partial charge < -0.3 is 15.4 Å². The Morgan fingerprint density at radius 2 is 1.96 bits per heavy atom. The third-order valence-corrected chi connectivity index (χ3v) is 5.30. The van der Waals surface area contributed by atoms with Crippen LogP contribution < -0.4 is 10.6 Å². The lowest BCUT2D eigenvalue weighted by Crippen LogP contribution is -2.29. The van der Waals surface area contributed by atoms with Gasteiger partial charge in [0.15, 0.2) is 5.82 Å². The number of methoxy groups -OCH3 is 1. The van der Waals surface area contributed by atoms with Gasteiger partial charge in [-0.15, -0.1) is 0 Å². The first-order valence-electron chi connectivity index (χ1n) is 9.01. The van der Waals surface area contributed by atoms with Gasteiger partial charge in [-0.1, -0.05) is 22.0 Å². The predicted molar refractivity (Wildman–Crippen MR) is 109 cm³/mol. The smallest absolute Gasteiger partial charge is 0.223 e. The average molecular weight is 429 g/mol. The molecule has 0 spiro atoms. The molecule has 27 heavy (non-hydrogen) atoms. The van der Waals surface area contributed by atoms with Gasteiger partial charge in [-0.05, 0) is 43.9 Å². The van der Waals surface area contributed by atoms with E-state index in [2.05, 4.69) is 46.5 Å². The van der Waals surface area contributed by atoms with Gasteiger partial charge in [-0.25, -0.2) is 19.9 Å². The maximum absolute atomic E-state index is 5.44. The Bertz CT molecular complexity index is 929. The molecule has 0 amide bonds. The van der Waals surface area contributed by atoms with Crippen molar-refractivity contribution in [1.82, 2.24) is 19.9 Å². The molecule has 0 atom stereocenters. The number of fused-ring (bicyclic) bond motifs is 1. The maximum Gasteiger partial charge on any atom is 0.223 e. The van der Waals surface area contributed by atoms with Crippen LogP contribution >= 0.6 is 15.9 Å². The molecule has 2 N–H and O–H groups in total. The molecule has 3 aromatic rings. The molecule has 0 aliphatic heterocycles. The number of nitrogens with zero attached hydrogens (tertiary/aromatic N) is 4. The van der Waals surface area contributed by atoms with Gasteiger partial charge in [-0.2, -0.15) is 0 Å². The van der Waals surface area contributed by atoms with Crippen molar-refractivity contribution < 1.29 is 4.74 Å². The second-order valence-electron chi connectivity index (χ2n) is 6.64. The zero-order valence-electron chi connectivity index (χ0n) is 15.0. The van der Waals surface area contributed by atoms with Gasteiger partial charge >= 0.3 is 0 Å². The highest BCUT2D eigenvalue weighted by Gasteiger charge is 2.21. The number of nitrogens with one attached hydrogen (secondary N) is 2. The van der Waals surface area contributed by atoms with Crippen molar-refractivity contribution >= 4 is 44.4 Å². The van der Waals surface area contributed by atoms with E-state index in [1.165, 1.54) is 6.33 Å². The van der Waals surface area contributed by atoms with Crippen LogP contribution in [-0.2, 0) is 4.74 Å². The van der Waals surface area contributed by atoms with Crippen molar-refractivity contribution in [3.05, 3.63) is 41.3 Å². The van der Waals surface area contributed by atoms with E-state index >= 15 is 0 Å². The second kappa shape index (κ2) is 8.14. The molecule has 0 unspecified atom stereocenters. The summed E-state index contributed by atoms with van der Waals surface area (Å²) in [5, 5.41) is 6.77. The Hall–Kier alpha value is -2.32. The number of benzene rings is 1. The van der Waals surface area contributed by atoms with Crippen LogP contribution in [0.5, 0.6) is 0 Å². The van der Waals surface area contributed by atoms with Crippen LogP contribution in [0.15, 0.2) is 41.3 Å². The Labute approximate surface area is 166 Å². The first kappa shape index (κ1) is 18.1. The molecular weight excluding hydrogens is 408 g/mol. The van der Waals surface area contributed by atoms with Crippen LogP contribution in [0.3, 0.4) is 0 Å². The SMILES string of the molecule is CO[C@H]1CC[C@H](Nc2ncc3ncnc(Nc4cccc(Br)c4)c3n2)CC1. The van der Waals surface area contributed by atoms with Crippen LogP contribution in [0.2, 0.25) is 0 Å². The van der Waals surface area contributed by atoms with E-state index in [-0.39, 0.29) is 0 Å². The van der Waals surface area contributed by atoms with E-state index in [1.54, 1.807) is 13.3 Å². The lowest BCUT2D eigenvalue weighted by Gasteiger charge is -2.28. The van der Waals surface area contributed by atoms with E-state index in [4.69, 9.17) is 4.74 Å². The molecule has 2 heterocycles. The van der Waals surface area contributed by atoms with Gasteiger partial charge in [0, 0.05) is 23.3 Å². The number of aromatic nitrogens is 4. The summed E-state index contributed by atoms with van der Waals surface area (Å²) in [6.45, 7) is 0. The van der Waals surface area contributed by atoms with E-state index in [9.17, 15) is 0 Å². The zero-order valence-corrected chi connectivity index (χ0v) is 16.6. The van der Waals surface area contributed by atoms with Crippen molar-refractivity contribution in [2.24, 2.45) is 0 Å². The van der Waals surface area contributed by atoms with Crippen molar-refractivity contribution in [2.75, 3.05) is 17.7 Å². The summed E-state index contributed by atoms with van der Waals surface area (Å²) in [4.78, 5) is 17.7. The number of hydrogen-bond acceptors (Lipinski definition) is 7. The average Bonchev–Trinajstić information content (AvgIpc) is 2.69. The van der Waals surface area contributed by atoms with Crippen molar-refractivity contribution in [2.45, 2.75) is 37.8 Å². The summed E-state index contributed by atoms with van der Waals surface area (Å²) in [6, 6.07) is 8.27. The molecule has 2 aromatic heterocycles. The summed E-state index contributed by atoms with van der Waals surface area (Å²) in [5.41, 5.74) is 2.33. The van der Waals surface area contributed by atoms with Crippen molar-refractivity contribution in [3.8, 4) is 0 Å². The Kier molecular flexibility index (Phi) is 5.45. The summed E-state index contributed by atoms with van der Waals surface area (Å²) in [7, 11) is 1.78. The van der Waals surface area contributed by atoms with Crippen molar-refractivity contribution in [1.29, 1.82) is 0 Å². The van der Waals surface area contributed by atoms with Crippen LogP contribution in [0, 0.1) is 0 Å². The molecule has 7 nitrogen and oxygen atoms in total. The van der Waals surface area contributed by atoms with Crippen LogP contribution in [-0.4, -0.2) is 39.2 Å². The van der Waals surface area contributed by atoms with Crippen LogP contribution in [0.25, 0.3) is 11.0 Å². The minimum absolute atomic E-state index is 0.361. The fourth-order valence-electron chi connectivity index (χ4n) is 3.34. The van der Waals surface area contributed by atoms with E-state index in [1.807, 2.05) is 24.3 Å². The standard InChI is InChI=1S/C19H21BrN6O/c1-27-15-7-5-13(6-8-15)25-19-21-10-16-17(26-19)18(23-11-22-16)24-14-4-2-3-12(20)9-14/h2-4,9-11,13,15H,5-8H2,1H3,(H,21,25,26)(H,22,23,24)/t13-,15-. The molecule has 4 rings (SSSR count). The quantitative estimate of drug-likeness (QED) is 0.626. The third kappa shape index (κ3) is 4.33. The molecule has 0 bridgehead atoms. The molecule has 8 heteroatoms. The van der Waals surface area contributed by atoms with E-state index < -0.39 is 0 Å². The summed E-state index contributed by atoms with van der Waals surface area (Å²) < 4.78 is 6.44. The lowest BCUT2D eigenvalue weighted by molar-refractivity contribution is 0.0681. The number of hydrogen-bond donors (Lipinski definition) is 2. The zero-order chi connectivity index (χ0) is 18.6. The predicted octanol–water partition coefficient (Wildman–Crippen LogP) is 4.30. The molecule has 1 aromatic carbocycles. The summed E-state index contributed by atoms with van der Waals surface area (Å²) in [6.07, 6.45) is 7.84. The maximum atomic E-state index is 5.44. The van der Waals surface area contributed by atoms with Gasteiger partial charge in [0.05, 0.1) is 12.3 Å². The molecule has 1 fully saturated rings. The largest absolute Gasteiger partial charge is 0.381 e. The topological polar surface area (TPSA) is 84.8 Å². The highest BCUT2D eigenvalue weighted by Crippen LogP contribution is 2.26. The summed E-state index contributed by atoms with van der Waals surface area (Å²) >= 11 is 3.48. The number of halogens is 1. The fraction of sp³-hybridized carbons (Fsp3) is 0.368. The minimum Gasteiger partial charge on any atom is -0.381 e. The van der Waals surface area contributed by atoms with Gasteiger partial charge in [0.25, 0.3) is 0 Å². The van der Waals surface area contributed by atoms with Gasteiger partial charge in [0.2, 0.25) is 5.95 Å². The minimum atomic E-state index is 0.361. The van der Waals surface area contributed by atoms with Crippen LogP contribution in [0.4, 0.5) is 17.5 Å². The van der Waals surface area contributed by atoms with Crippen molar-refractivity contribution in [3.63, 3.8) is 0 Å². The molecule has 140 valence electrons. The Morgan fingerprint density at radius 1 is 1.11 bits per heavy atom. The fourth-order valence-corrected chi connectivity index (χ4v) is 3.74. The first-order valence-corrected chi connectivity index (χ1v) is 9.80.